The second-order valence-corrected chi connectivity index (χ2v) is 7.04. The monoisotopic (exact) mass is 375 g/mol. The van der Waals surface area contributed by atoms with Gasteiger partial charge in [-0.15, -0.1) is 0 Å². The molecule has 2 nitrogen and oxygen atoms in total. The molecule has 0 aliphatic rings. The molecule has 140 valence electrons. The standard InChI is InChI=1S/C27H21NO/c1-20-10-13-23(14-11-20)26(18-28)17-25-8-4-5-9-27(25)29-19-21-12-15-22-6-2-3-7-24(22)16-21/h2-17H,19H2,1H3/b26-17-. The lowest BCUT2D eigenvalue weighted by molar-refractivity contribution is 0.306. The van der Waals surface area contributed by atoms with E-state index in [0.29, 0.717) is 12.2 Å². The zero-order valence-electron chi connectivity index (χ0n) is 16.3. The summed E-state index contributed by atoms with van der Waals surface area (Å²) in [5.41, 5.74) is 4.70. The van der Waals surface area contributed by atoms with E-state index >= 15 is 0 Å². The van der Waals surface area contributed by atoms with Gasteiger partial charge in [-0.3, -0.25) is 0 Å². The van der Waals surface area contributed by atoms with Crippen LogP contribution in [0, 0.1) is 18.3 Å². The molecular formula is C27H21NO. The summed E-state index contributed by atoms with van der Waals surface area (Å²) in [6, 6.07) is 32.8. The summed E-state index contributed by atoms with van der Waals surface area (Å²) in [7, 11) is 0. The lowest BCUT2D eigenvalue weighted by atomic mass is 10.0. The normalized spacial score (nSPS) is 11.2. The third kappa shape index (κ3) is 4.36. The van der Waals surface area contributed by atoms with Crippen molar-refractivity contribution in [3.63, 3.8) is 0 Å². The molecule has 0 saturated carbocycles. The van der Waals surface area contributed by atoms with Crippen LogP contribution >= 0.6 is 0 Å². The van der Waals surface area contributed by atoms with Gasteiger partial charge in [-0.2, -0.15) is 5.26 Å². The Morgan fingerprint density at radius 3 is 2.38 bits per heavy atom. The number of rotatable bonds is 5. The number of hydrogen-bond donors (Lipinski definition) is 0. The van der Waals surface area contributed by atoms with Gasteiger partial charge in [0.25, 0.3) is 0 Å². The second-order valence-electron chi connectivity index (χ2n) is 7.04. The first-order valence-corrected chi connectivity index (χ1v) is 9.61. The molecule has 0 N–H and O–H groups in total. The highest BCUT2D eigenvalue weighted by molar-refractivity contribution is 5.90. The molecule has 0 amide bonds. The number of benzene rings is 4. The first kappa shape index (κ1) is 18.5. The molecule has 0 aromatic heterocycles. The largest absolute Gasteiger partial charge is 0.488 e. The van der Waals surface area contributed by atoms with Crippen molar-refractivity contribution in [3.05, 3.63) is 113 Å². The Bertz CT molecular complexity index is 1210. The van der Waals surface area contributed by atoms with Crippen molar-refractivity contribution in [2.24, 2.45) is 0 Å². The lowest BCUT2D eigenvalue weighted by Gasteiger charge is -2.11. The van der Waals surface area contributed by atoms with Crippen LogP contribution < -0.4 is 4.74 Å². The number of fused-ring (bicyclic) bond motifs is 1. The molecule has 0 saturated heterocycles. The summed E-state index contributed by atoms with van der Waals surface area (Å²) >= 11 is 0. The molecule has 0 heterocycles. The number of para-hydroxylation sites is 1. The van der Waals surface area contributed by atoms with Crippen LogP contribution in [-0.2, 0) is 6.61 Å². The smallest absolute Gasteiger partial charge is 0.127 e. The van der Waals surface area contributed by atoms with Crippen molar-refractivity contribution < 1.29 is 4.74 Å². The van der Waals surface area contributed by atoms with E-state index in [9.17, 15) is 5.26 Å². The number of nitriles is 1. The van der Waals surface area contributed by atoms with E-state index in [1.807, 2.05) is 73.7 Å². The Balaban J connectivity index is 1.59. The molecule has 0 aliphatic heterocycles. The predicted octanol–water partition coefficient (Wildman–Crippen LogP) is 6.79. The third-order valence-corrected chi connectivity index (χ3v) is 4.91. The van der Waals surface area contributed by atoms with Crippen LogP contribution in [0.1, 0.15) is 22.3 Å². The third-order valence-electron chi connectivity index (χ3n) is 4.91. The average Bonchev–Trinajstić information content (AvgIpc) is 2.77. The lowest BCUT2D eigenvalue weighted by Crippen LogP contribution is -1.97. The van der Waals surface area contributed by atoms with Crippen molar-refractivity contribution in [2.75, 3.05) is 0 Å². The number of hydrogen-bond acceptors (Lipinski definition) is 2. The SMILES string of the molecule is Cc1ccc(/C(C#N)=C\c2ccccc2OCc2ccc3ccccc3c2)cc1. The second kappa shape index (κ2) is 8.46. The van der Waals surface area contributed by atoms with E-state index in [1.165, 1.54) is 16.3 Å². The molecule has 4 aromatic carbocycles. The molecule has 4 aromatic rings. The van der Waals surface area contributed by atoms with E-state index < -0.39 is 0 Å². The molecule has 29 heavy (non-hydrogen) atoms. The minimum absolute atomic E-state index is 0.474. The van der Waals surface area contributed by atoms with Gasteiger partial charge in [0.15, 0.2) is 0 Å². The minimum Gasteiger partial charge on any atom is -0.488 e. The van der Waals surface area contributed by atoms with E-state index in [1.54, 1.807) is 0 Å². The van der Waals surface area contributed by atoms with Gasteiger partial charge in [-0.1, -0.05) is 84.4 Å². The molecule has 0 fully saturated rings. The van der Waals surface area contributed by atoms with E-state index in [-0.39, 0.29) is 0 Å². The van der Waals surface area contributed by atoms with Crippen LogP contribution in [0.25, 0.3) is 22.4 Å². The van der Waals surface area contributed by atoms with Crippen LogP contribution in [0.4, 0.5) is 0 Å². The predicted molar refractivity (Wildman–Crippen MR) is 119 cm³/mol. The highest BCUT2D eigenvalue weighted by atomic mass is 16.5. The highest BCUT2D eigenvalue weighted by Crippen LogP contribution is 2.26. The highest BCUT2D eigenvalue weighted by Gasteiger charge is 2.06. The van der Waals surface area contributed by atoms with Gasteiger partial charge in [0.1, 0.15) is 12.4 Å². The quantitative estimate of drug-likeness (QED) is 0.284. The van der Waals surface area contributed by atoms with Crippen LogP contribution in [-0.4, -0.2) is 0 Å². The van der Waals surface area contributed by atoms with Crippen molar-refractivity contribution >= 4 is 22.4 Å². The molecule has 4 rings (SSSR count). The van der Waals surface area contributed by atoms with Crippen molar-refractivity contribution in [3.8, 4) is 11.8 Å². The maximum absolute atomic E-state index is 9.65. The van der Waals surface area contributed by atoms with Gasteiger partial charge >= 0.3 is 0 Å². The van der Waals surface area contributed by atoms with Gasteiger partial charge in [0, 0.05) is 5.56 Å². The topological polar surface area (TPSA) is 33.0 Å². The summed E-state index contributed by atoms with van der Waals surface area (Å²) in [6.07, 6.45) is 1.89. The number of nitrogens with zero attached hydrogens (tertiary/aromatic N) is 1. The Morgan fingerprint density at radius 2 is 1.59 bits per heavy atom. The van der Waals surface area contributed by atoms with Gasteiger partial charge in [-0.05, 0) is 47.0 Å². The summed E-state index contributed by atoms with van der Waals surface area (Å²) in [4.78, 5) is 0. The summed E-state index contributed by atoms with van der Waals surface area (Å²) in [5.74, 6) is 0.764. The van der Waals surface area contributed by atoms with E-state index in [4.69, 9.17) is 4.74 Å². The first-order valence-electron chi connectivity index (χ1n) is 9.61. The molecule has 0 atom stereocenters. The van der Waals surface area contributed by atoms with Gasteiger partial charge in [0.2, 0.25) is 0 Å². The van der Waals surface area contributed by atoms with Gasteiger partial charge in [-0.25, -0.2) is 0 Å². The molecule has 0 bridgehead atoms. The van der Waals surface area contributed by atoms with Crippen LogP contribution in [0.3, 0.4) is 0 Å². The van der Waals surface area contributed by atoms with Crippen LogP contribution in [0.2, 0.25) is 0 Å². The summed E-state index contributed by atoms with van der Waals surface area (Å²) in [6.45, 7) is 2.51. The fraction of sp³-hybridized carbons (Fsp3) is 0.0741. The Hall–Kier alpha value is -3.83. The Labute approximate surface area is 171 Å². The number of allylic oxidation sites excluding steroid dienone is 1. The first-order chi connectivity index (χ1) is 14.2. The minimum atomic E-state index is 0.474. The van der Waals surface area contributed by atoms with Crippen molar-refractivity contribution in [1.29, 1.82) is 5.26 Å². The summed E-state index contributed by atoms with van der Waals surface area (Å²) < 4.78 is 6.12. The number of aryl methyl sites for hydroxylation is 1. The fourth-order valence-corrected chi connectivity index (χ4v) is 3.29. The van der Waals surface area contributed by atoms with Crippen molar-refractivity contribution in [1.82, 2.24) is 0 Å². The number of ether oxygens (including phenoxy) is 1. The Morgan fingerprint density at radius 1 is 0.862 bits per heavy atom. The van der Waals surface area contributed by atoms with Gasteiger partial charge < -0.3 is 4.74 Å². The van der Waals surface area contributed by atoms with Crippen LogP contribution in [0.5, 0.6) is 5.75 Å². The maximum atomic E-state index is 9.65. The molecule has 2 heteroatoms. The molecule has 0 radical (unpaired) electrons. The fourth-order valence-electron chi connectivity index (χ4n) is 3.29. The zero-order valence-corrected chi connectivity index (χ0v) is 16.3. The zero-order chi connectivity index (χ0) is 20.1. The van der Waals surface area contributed by atoms with Gasteiger partial charge in [0.05, 0.1) is 11.6 Å². The average molecular weight is 375 g/mol. The summed E-state index contributed by atoms with van der Waals surface area (Å²) in [5, 5.41) is 12.1. The van der Waals surface area contributed by atoms with Crippen LogP contribution in [0.15, 0.2) is 91.0 Å². The Kier molecular flexibility index (Phi) is 5.40. The van der Waals surface area contributed by atoms with E-state index in [0.717, 1.165) is 22.4 Å². The molecular weight excluding hydrogens is 354 g/mol. The van der Waals surface area contributed by atoms with E-state index in [2.05, 4.69) is 36.4 Å². The molecule has 0 unspecified atom stereocenters. The molecule has 0 spiro atoms. The van der Waals surface area contributed by atoms with Crippen molar-refractivity contribution in [2.45, 2.75) is 13.5 Å². The maximum Gasteiger partial charge on any atom is 0.127 e. The molecule has 0 aliphatic carbocycles.